The van der Waals surface area contributed by atoms with Crippen molar-refractivity contribution in [2.45, 2.75) is 20.3 Å². The van der Waals surface area contributed by atoms with Crippen molar-refractivity contribution in [2.75, 3.05) is 39.4 Å². The average Bonchev–Trinajstić information content (AvgIpc) is 2.95. The third-order valence-electron chi connectivity index (χ3n) is 4.03. The van der Waals surface area contributed by atoms with Gasteiger partial charge in [-0.2, -0.15) is 0 Å². The molecule has 1 amide bonds. The van der Waals surface area contributed by atoms with E-state index in [4.69, 9.17) is 4.74 Å². The van der Waals surface area contributed by atoms with Gasteiger partial charge in [0, 0.05) is 32.2 Å². The van der Waals surface area contributed by atoms with Crippen molar-refractivity contribution in [3.63, 3.8) is 0 Å². The van der Waals surface area contributed by atoms with Gasteiger partial charge < -0.3 is 15.0 Å². The van der Waals surface area contributed by atoms with E-state index >= 15 is 0 Å². The Balaban J connectivity index is 1.84. The summed E-state index contributed by atoms with van der Waals surface area (Å²) in [5.74, 6) is 1.65. The number of ether oxygens (including phenoxy) is 1. The SMILES string of the molecule is CCOC[C@@H]1CN(C(=O)[C@H]2CCNC2)C[C@H]1C. The first-order chi connectivity index (χ1) is 8.22. The summed E-state index contributed by atoms with van der Waals surface area (Å²) in [4.78, 5) is 14.3. The fraction of sp³-hybridized carbons (Fsp3) is 0.923. The maximum atomic E-state index is 12.3. The summed E-state index contributed by atoms with van der Waals surface area (Å²) in [6.45, 7) is 9.45. The molecule has 0 saturated carbocycles. The molecule has 0 radical (unpaired) electrons. The molecule has 2 aliphatic heterocycles. The first-order valence-corrected chi connectivity index (χ1v) is 6.79. The highest BCUT2D eigenvalue weighted by molar-refractivity contribution is 5.79. The van der Waals surface area contributed by atoms with Crippen LogP contribution in [-0.2, 0) is 9.53 Å². The molecule has 0 aliphatic carbocycles. The number of hydrogen-bond acceptors (Lipinski definition) is 3. The summed E-state index contributed by atoms with van der Waals surface area (Å²) in [5, 5.41) is 3.26. The van der Waals surface area contributed by atoms with Crippen molar-refractivity contribution in [3.8, 4) is 0 Å². The van der Waals surface area contributed by atoms with Crippen molar-refractivity contribution < 1.29 is 9.53 Å². The topological polar surface area (TPSA) is 41.6 Å². The van der Waals surface area contributed by atoms with E-state index in [0.717, 1.165) is 45.8 Å². The molecular weight excluding hydrogens is 216 g/mol. The van der Waals surface area contributed by atoms with Gasteiger partial charge in [0.1, 0.15) is 0 Å². The quantitative estimate of drug-likeness (QED) is 0.787. The molecule has 1 N–H and O–H groups in total. The standard InChI is InChI=1S/C13H24N2O2/c1-3-17-9-12-8-15(7-10(12)2)13(16)11-4-5-14-6-11/h10-12,14H,3-9H2,1-2H3/t10-,11+,12+/m1/s1. The minimum atomic E-state index is 0.216. The Hall–Kier alpha value is -0.610. The van der Waals surface area contributed by atoms with Gasteiger partial charge in [-0.15, -0.1) is 0 Å². The summed E-state index contributed by atoms with van der Waals surface area (Å²) in [5.41, 5.74) is 0. The molecule has 4 heteroatoms. The van der Waals surface area contributed by atoms with Crippen molar-refractivity contribution in [1.82, 2.24) is 10.2 Å². The van der Waals surface area contributed by atoms with E-state index in [-0.39, 0.29) is 5.92 Å². The van der Waals surface area contributed by atoms with Gasteiger partial charge in [-0.25, -0.2) is 0 Å². The van der Waals surface area contributed by atoms with Crippen LogP contribution in [0.15, 0.2) is 0 Å². The number of nitrogens with one attached hydrogen (secondary N) is 1. The summed E-state index contributed by atoms with van der Waals surface area (Å²) in [6.07, 6.45) is 1.000. The van der Waals surface area contributed by atoms with Crippen LogP contribution in [0.1, 0.15) is 20.3 Å². The smallest absolute Gasteiger partial charge is 0.227 e. The molecule has 2 saturated heterocycles. The van der Waals surface area contributed by atoms with Crippen LogP contribution in [0, 0.1) is 17.8 Å². The van der Waals surface area contributed by atoms with E-state index in [1.165, 1.54) is 0 Å². The lowest BCUT2D eigenvalue weighted by Gasteiger charge is -2.20. The van der Waals surface area contributed by atoms with Gasteiger partial charge in [-0.3, -0.25) is 4.79 Å². The zero-order chi connectivity index (χ0) is 12.3. The molecule has 2 heterocycles. The fourth-order valence-corrected chi connectivity index (χ4v) is 2.82. The van der Waals surface area contributed by atoms with Gasteiger partial charge in [0.25, 0.3) is 0 Å². The Morgan fingerprint density at radius 2 is 2.29 bits per heavy atom. The summed E-state index contributed by atoms with van der Waals surface area (Å²) in [6, 6.07) is 0. The molecule has 0 aromatic heterocycles. The van der Waals surface area contributed by atoms with E-state index < -0.39 is 0 Å². The molecule has 2 rings (SSSR count). The Morgan fingerprint density at radius 1 is 1.47 bits per heavy atom. The van der Waals surface area contributed by atoms with Gasteiger partial charge in [0.15, 0.2) is 0 Å². The molecular formula is C13H24N2O2. The van der Waals surface area contributed by atoms with Crippen LogP contribution in [-0.4, -0.2) is 50.2 Å². The second-order valence-corrected chi connectivity index (χ2v) is 5.33. The zero-order valence-electron chi connectivity index (χ0n) is 10.9. The Kier molecular flexibility index (Phi) is 4.40. The van der Waals surface area contributed by atoms with Gasteiger partial charge in [0.2, 0.25) is 5.91 Å². The monoisotopic (exact) mass is 240 g/mol. The predicted molar refractivity (Wildman–Crippen MR) is 66.7 cm³/mol. The molecule has 0 aromatic rings. The van der Waals surface area contributed by atoms with Crippen molar-refractivity contribution in [2.24, 2.45) is 17.8 Å². The van der Waals surface area contributed by atoms with Gasteiger partial charge in [0.05, 0.1) is 12.5 Å². The third-order valence-corrected chi connectivity index (χ3v) is 4.03. The third kappa shape index (κ3) is 2.99. The Morgan fingerprint density at radius 3 is 2.94 bits per heavy atom. The van der Waals surface area contributed by atoms with E-state index in [1.54, 1.807) is 0 Å². The summed E-state index contributed by atoms with van der Waals surface area (Å²) in [7, 11) is 0. The number of rotatable bonds is 4. The van der Waals surface area contributed by atoms with Gasteiger partial charge >= 0.3 is 0 Å². The molecule has 3 atom stereocenters. The highest BCUT2D eigenvalue weighted by atomic mass is 16.5. The van der Waals surface area contributed by atoms with Crippen LogP contribution in [0.2, 0.25) is 0 Å². The summed E-state index contributed by atoms with van der Waals surface area (Å²) < 4.78 is 5.49. The largest absolute Gasteiger partial charge is 0.381 e. The second kappa shape index (κ2) is 5.83. The summed E-state index contributed by atoms with van der Waals surface area (Å²) >= 11 is 0. The predicted octanol–water partition coefficient (Wildman–Crippen LogP) is 0.727. The highest BCUT2D eigenvalue weighted by Gasteiger charge is 2.35. The van der Waals surface area contributed by atoms with Gasteiger partial charge in [-0.05, 0) is 25.8 Å². The molecule has 0 bridgehead atoms. The maximum absolute atomic E-state index is 12.3. The first kappa shape index (κ1) is 12.8. The minimum absolute atomic E-state index is 0.216. The number of amides is 1. The van der Waals surface area contributed by atoms with Crippen LogP contribution in [0.25, 0.3) is 0 Å². The molecule has 17 heavy (non-hydrogen) atoms. The number of likely N-dealkylation sites (tertiary alicyclic amines) is 1. The normalized spacial score (nSPS) is 33.3. The van der Waals surface area contributed by atoms with Crippen LogP contribution in [0.3, 0.4) is 0 Å². The van der Waals surface area contributed by atoms with Crippen molar-refractivity contribution in [1.29, 1.82) is 0 Å². The number of nitrogens with zero attached hydrogens (tertiary/aromatic N) is 1. The first-order valence-electron chi connectivity index (χ1n) is 6.79. The molecule has 0 aromatic carbocycles. The molecule has 0 spiro atoms. The number of carbonyl (C=O) groups excluding carboxylic acids is 1. The molecule has 0 unspecified atom stereocenters. The highest BCUT2D eigenvalue weighted by Crippen LogP contribution is 2.25. The zero-order valence-corrected chi connectivity index (χ0v) is 10.9. The van der Waals surface area contributed by atoms with Crippen LogP contribution in [0.4, 0.5) is 0 Å². The molecule has 2 aliphatic rings. The Bertz CT molecular complexity index is 264. The van der Waals surface area contributed by atoms with E-state index in [1.807, 2.05) is 11.8 Å². The molecule has 2 fully saturated rings. The maximum Gasteiger partial charge on any atom is 0.227 e. The second-order valence-electron chi connectivity index (χ2n) is 5.33. The van der Waals surface area contributed by atoms with E-state index in [9.17, 15) is 4.79 Å². The van der Waals surface area contributed by atoms with Crippen molar-refractivity contribution in [3.05, 3.63) is 0 Å². The van der Waals surface area contributed by atoms with Crippen LogP contribution in [0.5, 0.6) is 0 Å². The Labute approximate surface area is 104 Å². The van der Waals surface area contributed by atoms with E-state index in [0.29, 0.717) is 17.7 Å². The number of hydrogen-bond donors (Lipinski definition) is 1. The lowest BCUT2D eigenvalue weighted by atomic mass is 9.99. The van der Waals surface area contributed by atoms with Crippen LogP contribution < -0.4 is 5.32 Å². The van der Waals surface area contributed by atoms with Crippen molar-refractivity contribution >= 4 is 5.91 Å². The fourth-order valence-electron chi connectivity index (χ4n) is 2.82. The minimum Gasteiger partial charge on any atom is -0.381 e. The lowest BCUT2D eigenvalue weighted by Crippen LogP contribution is -2.35. The number of carbonyl (C=O) groups is 1. The molecule has 4 nitrogen and oxygen atoms in total. The average molecular weight is 240 g/mol. The lowest BCUT2D eigenvalue weighted by molar-refractivity contribution is -0.134. The van der Waals surface area contributed by atoms with Gasteiger partial charge in [-0.1, -0.05) is 6.92 Å². The van der Waals surface area contributed by atoms with Crippen LogP contribution >= 0.6 is 0 Å². The van der Waals surface area contributed by atoms with E-state index in [2.05, 4.69) is 12.2 Å². The molecule has 98 valence electrons.